The molecule has 1 aromatic carbocycles. The number of hydrogen-bond acceptors (Lipinski definition) is 4. The Morgan fingerprint density at radius 3 is 2.63 bits per heavy atom. The molecule has 4 heteroatoms. The van der Waals surface area contributed by atoms with E-state index in [1.54, 1.807) is 23.5 Å². The topological polar surface area (TPSA) is 45.2 Å². The molecule has 3 nitrogen and oxygen atoms in total. The highest BCUT2D eigenvalue weighted by Gasteiger charge is 2.13. The van der Waals surface area contributed by atoms with Crippen LogP contribution >= 0.6 is 11.3 Å². The van der Waals surface area contributed by atoms with Crippen molar-refractivity contribution in [1.82, 2.24) is 10.3 Å². The predicted molar refractivity (Wildman–Crippen MR) is 79.7 cm³/mol. The highest BCUT2D eigenvalue weighted by Crippen LogP contribution is 2.22. The lowest BCUT2D eigenvalue weighted by Gasteiger charge is -2.19. The standard InChI is InChI=1S/C15H20N2OS/c1-3-14(12-4-6-13(18)7-5-12)17-10-11(2)15-16-8-9-19-15/h4-9,11,14,17-18H,3,10H2,1-2H3. The van der Waals surface area contributed by atoms with Crippen molar-refractivity contribution in [1.29, 1.82) is 0 Å². The molecule has 0 amide bonds. The van der Waals surface area contributed by atoms with E-state index in [0.29, 0.717) is 17.7 Å². The van der Waals surface area contributed by atoms with Gasteiger partial charge >= 0.3 is 0 Å². The Labute approximate surface area is 118 Å². The zero-order valence-electron chi connectivity index (χ0n) is 11.3. The molecule has 0 aliphatic rings. The number of aromatic hydroxyl groups is 1. The third-order valence-electron chi connectivity index (χ3n) is 3.25. The number of phenols is 1. The number of nitrogens with zero attached hydrogens (tertiary/aromatic N) is 1. The molecule has 0 fully saturated rings. The lowest BCUT2D eigenvalue weighted by Crippen LogP contribution is -2.25. The normalized spacial score (nSPS) is 14.2. The average Bonchev–Trinajstić information content (AvgIpc) is 2.95. The van der Waals surface area contributed by atoms with Crippen molar-refractivity contribution in [3.63, 3.8) is 0 Å². The quantitative estimate of drug-likeness (QED) is 0.845. The molecule has 1 heterocycles. The number of nitrogens with one attached hydrogen (secondary N) is 1. The second-order valence-electron chi connectivity index (χ2n) is 4.73. The molecule has 2 aromatic rings. The van der Waals surface area contributed by atoms with Crippen LogP contribution in [0.2, 0.25) is 0 Å². The minimum absolute atomic E-state index is 0.315. The van der Waals surface area contributed by atoms with Crippen LogP contribution in [0.1, 0.15) is 42.8 Å². The Morgan fingerprint density at radius 1 is 1.32 bits per heavy atom. The number of rotatable bonds is 6. The van der Waals surface area contributed by atoms with Crippen LogP contribution in [0.3, 0.4) is 0 Å². The molecule has 0 saturated carbocycles. The number of benzene rings is 1. The molecular weight excluding hydrogens is 256 g/mol. The van der Waals surface area contributed by atoms with Gasteiger partial charge in [-0.25, -0.2) is 4.98 Å². The Kier molecular flexibility index (Phi) is 4.93. The summed E-state index contributed by atoms with van der Waals surface area (Å²) in [6.45, 7) is 5.26. The molecule has 0 saturated heterocycles. The maximum absolute atomic E-state index is 9.33. The van der Waals surface area contributed by atoms with E-state index in [0.717, 1.165) is 13.0 Å². The first kappa shape index (κ1) is 14.0. The minimum Gasteiger partial charge on any atom is -0.508 e. The smallest absolute Gasteiger partial charge is 0.115 e. The van der Waals surface area contributed by atoms with Crippen molar-refractivity contribution in [3.8, 4) is 5.75 Å². The van der Waals surface area contributed by atoms with Gasteiger partial charge < -0.3 is 10.4 Å². The van der Waals surface area contributed by atoms with E-state index in [2.05, 4.69) is 24.1 Å². The maximum atomic E-state index is 9.33. The van der Waals surface area contributed by atoms with Gasteiger partial charge in [0, 0.05) is 30.1 Å². The molecule has 19 heavy (non-hydrogen) atoms. The Balaban J connectivity index is 1.94. The van der Waals surface area contributed by atoms with Gasteiger partial charge in [-0.1, -0.05) is 26.0 Å². The molecular formula is C15H20N2OS. The lowest BCUT2D eigenvalue weighted by atomic mass is 10.0. The first-order chi connectivity index (χ1) is 9.20. The van der Waals surface area contributed by atoms with E-state index < -0.39 is 0 Å². The first-order valence-electron chi connectivity index (χ1n) is 6.62. The predicted octanol–water partition coefficient (Wildman–Crippen LogP) is 3.69. The molecule has 2 unspecified atom stereocenters. The Morgan fingerprint density at radius 2 is 2.05 bits per heavy atom. The summed E-state index contributed by atoms with van der Waals surface area (Å²) >= 11 is 1.70. The summed E-state index contributed by atoms with van der Waals surface area (Å²) in [7, 11) is 0. The second kappa shape index (κ2) is 6.68. The summed E-state index contributed by atoms with van der Waals surface area (Å²) in [5.74, 6) is 0.737. The summed E-state index contributed by atoms with van der Waals surface area (Å²) in [4.78, 5) is 4.35. The molecule has 2 N–H and O–H groups in total. The van der Waals surface area contributed by atoms with Crippen LogP contribution in [-0.4, -0.2) is 16.6 Å². The molecule has 0 radical (unpaired) electrons. The van der Waals surface area contributed by atoms with Crippen LogP contribution in [-0.2, 0) is 0 Å². The first-order valence-corrected chi connectivity index (χ1v) is 7.50. The van der Waals surface area contributed by atoms with Crippen LogP contribution in [0.4, 0.5) is 0 Å². The molecule has 102 valence electrons. The van der Waals surface area contributed by atoms with Gasteiger partial charge in [-0.3, -0.25) is 0 Å². The minimum atomic E-state index is 0.315. The van der Waals surface area contributed by atoms with Crippen LogP contribution in [0, 0.1) is 0 Å². The van der Waals surface area contributed by atoms with Crippen molar-refractivity contribution < 1.29 is 5.11 Å². The summed E-state index contributed by atoms with van der Waals surface area (Å²) in [5, 5.41) is 16.1. The van der Waals surface area contributed by atoms with Crippen molar-refractivity contribution in [2.24, 2.45) is 0 Å². The van der Waals surface area contributed by atoms with Crippen molar-refractivity contribution in [2.45, 2.75) is 32.2 Å². The van der Waals surface area contributed by atoms with E-state index in [1.807, 2.05) is 23.7 Å². The number of aromatic nitrogens is 1. The van der Waals surface area contributed by atoms with Crippen molar-refractivity contribution >= 4 is 11.3 Å². The fourth-order valence-electron chi connectivity index (χ4n) is 2.09. The van der Waals surface area contributed by atoms with E-state index in [4.69, 9.17) is 0 Å². The van der Waals surface area contributed by atoms with Crippen molar-refractivity contribution in [3.05, 3.63) is 46.4 Å². The number of phenolic OH excluding ortho intramolecular Hbond substituents is 1. The van der Waals surface area contributed by atoms with E-state index >= 15 is 0 Å². The molecule has 2 atom stereocenters. The third-order valence-corrected chi connectivity index (χ3v) is 4.25. The monoisotopic (exact) mass is 276 g/mol. The Hall–Kier alpha value is -1.39. The fourth-order valence-corrected chi connectivity index (χ4v) is 2.79. The van der Waals surface area contributed by atoms with Gasteiger partial charge in [0.2, 0.25) is 0 Å². The van der Waals surface area contributed by atoms with Crippen molar-refractivity contribution in [2.75, 3.05) is 6.54 Å². The number of hydrogen-bond donors (Lipinski definition) is 2. The highest BCUT2D eigenvalue weighted by molar-refractivity contribution is 7.09. The van der Waals surface area contributed by atoms with E-state index in [1.165, 1.54) is 10.6 Å². The van der Waals surface area contributed by atoms with Gasteiger partial charge in [0.15, 0.2) is 0 Å². The van der Waals surface area contributed by atoms with Gasteiger partial charge in [0.05, 0.1) is 5.01 Å². The van der Waals surface area contributed by atoms with E-state index in [-0.39, 0.29) is 0 Å². The largest absolute Gasteiger partial charge is 0.508 e. The van der Waals surface area contributed by atoms with Gasteiger partial charge in [-0.2, -0.15) is 0 Å². The van der Waals surface area contributed by atoms with Gasteiger partial charge in [-0.05, 0) is 24.1 Å². The average molecular weight is 276 g/mol. The fraction of sp³-hybridized carbons (Fsp3) is 0.400. The number of thiazole rings is 1. The molecule has 0 aliphatic heterocycles. The summed E-state index contributed by atoms with van der Waals surface area (Å²) in [5.41, 5.74) is 1.21. The molecule has 2 rings (SSSR count). The van der Waals surface area contributed by atoms with Gasteiger partial charge in [-0.15, -0.1) is 11.3 Å². The molecule has 0 aliphatic carbocycles. The lowest BCUT2D eigenvalue weighted by molar-refractivity contribution is 0.471. The summed E-state index contributed by atoms with van der Waals surface area (Å²) in [6.07, 6.45) is 2.88. The van der Waals surface area contributed by atoms with E-state index in [9.17, 15) is 5.11 Å². The molecule has 0 spiro atoms. The zero-order valence-corrected chi connectivity index (χ0v) is 12.2. The highest BCUT2D eigenvalue weighted by atomic mass is 32.1. The van der Waals surface area contributed by atoms with Gasteiger partial charge in [0.1, 0.15) is 5.75 Å². The van der Waals surface area contributed by atoms with Crippen LogP contribution in [0.15, 0.2) is 35.8 Å². The van der Waals surface area contributed by atoms with Gasteiger partial charge in [0.25, 0.3) is 0 Å². The molecule has 0 bridgehead atoms. The summed E-state index contributed by atoms with van der Waals surface area (Å²) in [6, 6.07) is 7.76. The zero-order chi connectivity index (χ0) is 13.7. The maximum Gasteiger partial charge on any atom is 0.115 e. The SMILES string of the molecule is CCC(NCC(C)c1nccs1)c1ccc(O)cc1. The second-order valence-corrected chi connectivity index (χ2v) is 5.66. The van der Waals surface area contributed by atoms with Crippen LogP contribution in [0.5, 0.6) is 5.75 Å². The van der Waals surface area contributed by atoms with Crippen LogP contribution < -0.4 is 5.32 Å². The van der Waals surface area contributed by atoms with Crippen LogP contribution in [0.25, 0.3) is 0 Å². The molecule has 1 aromatic heterocycles. The third kappa shape index (κ3) is 3.78. The Bertz CT molecular complexity index is 481. The summed E-state index contributed by atoms with van der Waals surface area (Å²) < 4.78 is 0.